The van der Waals surface area contributed by atoms with Gasteiger partial charge < -0.3 is 9.73 Å². The number of hydrogen-bond acceptors (Lipinski definition) is 3. The number of anilines is 1. The van der Waals surface area contributed by atoms with E-state index in [2.05, 4.69) is 16.2 Å². The van der Waals surface area contributed by atoms with Gasteiger partial charge in [-0.15, -0.1) is 0 Å². The topological polar surface area (TPSA) is 83.4 Å². The van der Waals surface area contributed by atoms with Crippen LogP contribution in [-0.2, 0) is 0 Å². The van der Waals surface area contributed by atoms with Crippen LogP contribution in [-0.4, -0.2) is 11.9 Å². The van der Waals surface area contributed by atoms with Crippen molar-refractivity contribution in [2.75, 3.05) is 5.32 Å². The summed E-state index contributed by atoms with van der Waals surface area (Å²) in [5, 5.41) is 2.59. The molecule has 0 aliphatic carbocycles. The van der Waals surface area contributed by atoms with Crippen molar-refractivity contribution in [1.29, 1.82) is 0 Å². The van der Waals surface area contributed by atoms with Gasteiger partial charge in [-0.05, 0) is 36.8 Å². The monoisotopic (exact) mass is 259 g/mol. The molecule has 0 atom stereocenters. The first kappa shape index (κ1) is 12.7. The minimum atomic E-state index is -0.537. The lowest BCUT2D eigenvalue weighted by molar-refractivity contribution is 0.0910. The molecule has 3 N–H and O–H groups in total. The van der Waals surface area contributed by atoms with Crippen LogP contribution in [0.5, 0.6) is 0 Å². The fourth-order valence-electron chi connectivity index (χ4n) is 1.47. The van der Waals surface area contributed by atoms with Crippen molar-refractivity contribution < 1.29 is 14.0 Å². The summed E-state index contributed by atoms with van der Waals surface area (Å²) in [6.07, 6.45) is 1.38. The highest BCUT2D eigenvalue weighted by molar-refractivity contribution is 5.95. The summed E-state index contributed by atoms with van der Waals surface area (Å²) in [5.74, 6) is -0.403. The summed E-state index contributed by atoms with van der Waals surface area (Å²) in [6.45, 7) is 1.92. The molecular formula is C13H13N3O3. The van der Waals surface area contributed by atoms with E-state index in [9.17, 15) is 9.59 Å². The number of furan rings is 1. The minimum absolute atomic E-state index is 0.121. The van der Waals surface area contributed by atoms with Crippen molar-refractivity contribution in [2.24, 2.45) is 0 Å². The van der Waals surface area contributed by atoms with E-state index in [1.807, 2.05) is 25.1 Å². The summed E-state index contributed by atoms with van der Waals surface area (Å²) in [4.78, 5) is 23.0. The van der Waals surface area contributed by atoms with E-state index in [0.717, 1.165) is 5.56 Å². The van der Waals surface area contributed by atoms with E-state index >= 15 is 0 Å². The molecule has 19 heavy (non-hydrogen) atoms. The van der Waals surface area contributed by atoms with E-state index in [4.69, 9.17) is 4.42 Å². The van der Waals surface area contributed by atoms with Crippen molar-refractivity contribution in [3.05, 3.63) is 54.0 Å². The Kier molecular flexibility index (Phi) is 3.82. The summed E-state index contributed by atoms with van der Waals surface area (Å²) in [5.41, 5.74) is 6.12. The van der Waals surface area contributed by atoms with Gasteiger partial charge in [0, 0.05) is 5.69 Å². The zero-order valence-corrected chi connectivity index (χ0v) is 10.3. The average Bonchev–Trinajstić information content (AvgIpc) is 2.90. The van der Waals surface area contributed by atoms with Crippen molar-refractivity contribution in [1.82, 2.24) is 10.9 Å². The van der Waals surface area contributed by atoms with Gasteiger partial charge in [-0.2, -0.15) is 0 Å². The third kappa shape index (κ3) is 3.60. The molecular weight excluding hydrogens is 246 g/mol. The van der Waals surface area contributed by atoms with Gasteiger partial charge in [0.25, 0.3) is 0 Å². The predicted molar refractivity (Wildman–Crippen MR) is 69.5 cm³/mol. The van der Waals surface area contributed by atoms with E-state index < -0.39 is 11.9 Å². The lowest BCUT2D eigenvalue weighted by atomic mass is 10.2. The fourth-order valence-corrected chi connectivity index (χ4v) is 1.47. The molecule has 0 saturated heterocycles. The van der Waals surface area contributed by atoms with Gasteiger partial charge in [0.1, 0.15) is 0 Å². The number of urea groups is 1. The van der Waals surface area contributed by atoms with E-state index in [-0.39, 0.29) is 5.76 Å². The normalized spacial score (nSPS) is 9.74. The Labute approximate surface area is 109 Å². The number of amides is 3. The highest BCUT2D eigenvalue weighted by Crippen LogP contribution is 2.08. The van der Waals surface area contributed by atoms with Crippen LogP contribution in [0.15, 0.2) is 47.1 Å². The van der Waals surface area contributed by atoms with Gasteiger partial charge in [-0.3, -0.25) is 10.2 Å². The predicted octanol–water partition coefficient (Wildman–Crippen LogP) is 2.05. The molecule has 2 rings (SSSR count). The molecule has 2 aromatic rings. The Hall–Kier alpha value is -2.76. The van der Waals surface area contributed by atoms with Crippen molar-refractivity contribution in [3.8, 4) is 0 Å². The van der Waals surface area contributed by atoms with Crippen LogP contribution in [0.3, 0.4) is 0 Å². The molecule has 0 aliphatic heterocycles. The van der Waals surface area contributed by atoms with Crippen molar-refractivity contribution >= 4 is 17.6 Å². The molecule has 6 heteroatoms. The molecule has 3 amide bonds. The van der Waals surface area contributed by atoms with Gasteiger partial charge in [-0.25, -0.2) is 10.2 Å². The first-order chi connectivity index (χ1) is 9.15. The van der Waals surface area contributed by atoms with Crippen LogP contribution < -0.4 is 16.2 Å². The standard InChI is InChI=1S/C13H13N3O3/c1-9-4-2-5-10(8-9)14-13(18)16-15-12(17)11-6-3-7-19-11/h2-8H,1H3,(H,15,17)(H2,14,16,18). The van der Waals surface area contributed by atoms with Gasteiger partial charge >= 0.3 is 11.9 Å². The molecule has 1 aromatic carbocycles. The third-order valence-corrected chi connectivity index (χ3v) is 2.31. The van der Waals surface area contributed by atoms with Gasteiger partial charge in [-0.1, -0.05) is 12.1 Å². The summed E-state index contributed by atoms with van der Waals surface area (Å²) in [7, 11) is 0. The first-order valence-corrected chi connectivity index (χ1v) is 5.62. The Balaban J connectivity index is 1.83. The Morgan fingerprint density at radius 3 is 2.63 bits per heavy atom. The maximum atomic E-state index is 11.5. The Bertz CT molecular complexity index is 579. The number of rotatable bonds is 2. The van der Waals surface area contributed by atoms with E-state index in [0.29, 0.717) is 5.69 Å². The second-order valence-corrected chi connectivity index (χ2v) is 3.88. The van der Waals surface area contributed by atoms with Crippen molar-refractivity contribution in [2.45, 2.75) is 6.92 Å². The molecule has 0 saturated carbocycles. The molecule has 0 fully saturated rings. The highest BCUT2D eigenvalue weighted by atomic mass is 16.3. The smallest absolute Gasteiger partial charge is 0.337 e. The largest absolute Gasteiger partial charge is 0.459 e. The van der Waals surface area contributed by atoms with Gasteiger partial charge in [0.2, 0.25) is 0 Å². The number of nitrogens with one attached hydrogen (secondary N) is 3. The highest BCUT2D eigenvalue weighted by Gasteiger charge is 2.09. The maximum absolute atomic E-state index is 11.5. The molecule has 0 unspecified atom stereocenters. The second kappa shape index (κ2) is 5.72. The number of benzene rings is 1. The summed E-state index contributed by atoms with van der Waals surface area (Å²) >= 11 is 0. The summed E-state index contributed by atoms with van der Waals surface area (Å²) in [6, 6.07) is 9.85. The number of carbonyl (C=O) groups excluding carboxylic acids is 2. The molecule has 0 radical (unpaired) electrons. The molecule has 1 heterocycles. The SMILES string of the molecule is Cc1cccc(NC(=O)NNC(=O)c2ccco2)c1. The second-order valence-electron chi connectivity index (χ2n) is 3.88. The molecule has 1 aromatic heterocycles. The first-order valence-electron chi connectivity index (χ1n) is 5.62. The van der Waals surface area contributed by atoms with E-state index in [1.165, 1.54) is 12.3 Å². The Morgan fingerprint density at radius 1 is 1.11 bits per heavy atom. The zero-order chi connectivity index (χ0) is 13.7. The average molecular weight is 259 g/mol. The molecule has 6 nitrogen and oxygen atoms in total. The number of hydrazine groups is 1. The number of aryl methyl sites for hydroxylation is 1. The van der Waals surface area contributed by atoms with Crippen LogP contribution in [0, 0.1) is 6.92 Å². The van der Waals surface area contributed by atoms with Crippen LogP contribution in [0.25, 0.3) is 0 Å². The van der Waals surface area contributed by atoms with Gasteiger partial charge in [0.15, 0.2) is 5.76 Å². The third-order valence-electron chi connectivity index (χ3n) is 2.31. The molecule has 0 aliphatic rings. The fraction of sp³-hybridized carbons (Fsp3) is 0.0769. The lowest BCUT2D eigenvalue weighted by Gasteiger charge is -2.08. The van der Waals surface area contributed by atoms with Crippen LogP contribution >= 0.6 is 0 Å². The zero-order valence-electron chi connectivity index (χ0n) is 10.3. The number of carbonyl (C=O) groups is 2. The maximum Gasteiger partial charge on any atom is 0.337 e. The van der Waals surface area contributed by atoms with Crippen molar-refractivity contribution in [3.63, 3.8) is 0 Å². The molecule has 0 spiro atoms. The van der Waals surface area contributed by atoms with Crippen LogP contribution in [0.2, 0.25) is 0 Å². The van der Waals surface area contributed by atoms with E-state index in [1.54, 1.807) is 12.1 Å². The summed E-state index contributed by atoms with van der Waals surface area (Å²) < 4.78 is 4.88. The number of hydrogen-bond donors (Lipinski definition) is 3. The molecule has 0 bridgehead atoms. The Morgan fingerprint density at radius 2 is 1.95 bits per heavy atom. The molecule has 98 valence electrons. The quantitative estimate of drug-likeness (QED) is 0.722. The minimum Gasteiger partial charge on any atom is -0.459 e. The lowest BCUT2D eigenvalue weighted by Crippen LogP contribution is -2.43. The van der Waals surface area contributed by atoms with Crippen LogP contribution in [0.4, 0.5) is 10.5 Å². The van der Waals surface area contributed by atoms with Gasteiger partial charge in [0.05, 0.1) is 6.26 Å². The van der Waals surface area contributed by atoms with Crippen LogP contribution in [0.1, 0.15) is 16.1 Å².